The quantitative estimate of drug-likeness (QED) is 0.773. The number of aryl methyl sites for hydroxylation is 2. The van der Waals surface area contributed by atoms with Gasteiger partial charge in [0, 0.05) is 18.8 Å². The molecule has 1 saturated heterocycles. The van der Waals surface area contributed by atoms with Crippen LogP contribution in [0.1, 0.15) is 23.2 Å². The van der Waals surface area contributed by atoms with Gasteiger partial charge in [0.15, 0.2) is 0 Å². The highest BCUT2D eigenvalue weighted by Gasteiger charge is 2.23. The maximum Gasteiger partial charge on any atom is 0.239 e. The van der Waals surface area contributed by atoms with Crippen LogP contribution in [0.5, 0.6) is 0 Å². The number of rotatable bonds is 1. The van der Waals surface area contributed by atoms with Crippen molar-refractivity contribution in [1.82, 2.24) is 10.3 Å². The van der Waals surface area contributed by atoms with Crippen LogP contribution < -0.4 is 10.2 Å². The van der Waals surface area contributed by atoms with Crippen LogP contribution in [0.3, 0.4) is 0 Å². The van der Waals surface area contributed by atoms with E-state index in [1.54, 1.807) is 0 Å². The van der Waals surface area contributed by atoms with Gasteiger partial charge in [0.05, 0.1) is 12.1 Å². The molecule has 1 aliphatic carbocycles. The third kappa shape index (κ3) is 1.80. The summed E-state index contributed by atoms with van der Waals surface area (Å²) in [5, 5.41) is 12.0. The van der Waals surface area contributed by atoms with Gasteiger partial charge in [0.25, 0.3) is 0 Å². The summed E-state index contributed by atoms with van der Waals surface area (Å²) in [6, 6.07) is 4.14. The molecule has 1 aliphatic heterocycles. The molecule has 3 rings (SSSR count). The lowest BCUT2D eigenvalue weighted by Crippen LogP contribution is -2.48. The van der Waals surface area contributed by atoms with E-state index in [9.17, 15) is 10.1 Å². The monoisotopic (exact) mass is 242 g/mol. The molecule has 1 aromatic rings. The van der Waals surface area contributed by atoms with Crippen LogP contribution >= 0.6 is 0 Å². The van der Waals surface area contributed by atoms with Gasteiger partial charge in [-0.1, -0.05) is 0 Å². The first-order chi connectivity index (χ1) is 8.78. The van der Waals surface area contributed by atoms with Crippen LogP contribution in [-0.2, 0) is 17.6 Å². The smallest absolute Gasteiger partial charge is 0.239 e. The van der Waals surface area contributed by atoms with Gasteiger partial charge in [0.1, 0.15) is 11.9 Å². The lowest BCUT2D eigenvalue weighted by Gasteiger charge is -2.28. The first-order valence-corrected chi connectivity index (χ1v) is 6.22. The van der Waals surface area contributed by atoms with Crippen molar-refractivity contribution in [1.29, 1.82) is 5.26 Å². The molecule has 0 aromatic carbocycles. The number of carbonyl (C=O) groups excluding carboxylic acids is 1. The molecule has 18 heavy (non-hydrogen) atoms. The normalized spacial score (nSPS) is 18.2. The lowest BCUT2D eigenvalue weighted by atomic mass is 10.1. The Morgan fingerprint density at radius 3 is 3.11 bits per heavy atom. The number of fused-ring (bicyclic) bond motifs is 1. The third-order valence-corrected chi connectivity index (χ3v) is 3.49. The summed E-state index contributed by atoms with van der Waals surface area (Å²) in [7, 11) is 0. The number of nitrogens with zero attached hydrogens (tertiary/aromatic N) is 3. The molecule has 0 saturated carbocycles. The molecule has 1 amide bonds. The number of piperazine rings is 1. The fraction of sp³-hybridized carbons (Fsp3) is 0.462. The minimum atomic E-state index is -0.00700. The van der Waals surface area contributed by atoms with Crippen LogP contribution in [-0.4, -0.2) is 30.5 Å². The number of pyridine rings is 1. The Labute approximate surface area is 105 Å². The number of nitriles is 1. The predicted molar refractivity (Wildman–Crippen MR) is 66.2 cm³/mol. The van der Waals surface area contributed by atoms with Crippen LogP contribution in [0.2, 0.25) is 0 Å². The van der Waals surface area contributed by atoms with Crippen molar-refractivity contribution < 1.29 is 4.79 Å². The van der Waals surface area contributed by atoms with Crippen molar-refractivity contribution in [2.75, 3.05) is 24.5 Å². The van der Waals surface area contributed by atoms with Crippen molar-refractivity contribution in [3.05, 3.63) is 22.9 Å². The van der Waals surface area contributed by atoms with Gasteiger partial charge in [-0.2, -0.15) is 5.26 Å². The molecule has 1 fully saturated rings. The van der Waals surface area contributed by atoms with E-state index >= 15 is 0 Å². The number of aromatic nitrogens is 1. The Hall–Kier alpha value is -2.09. The largest absolute Gasteiger partial charge is 0.353 e. The molecule has 2 heterocycles. The standard InChI is InChI=1S/C13H14N4O/c14-7-10-6-9-2-1-3-11(9)16-13(10)17-5-4-15-12(18)8-17/h6H,1-5,8H2,(H,15,18). The van der Waals surface area contributed by atoms with Gasteiger partial charge in [-0.3, -0.25) is 4.79 Å². The molecule has 5 nitrogen and oxygen atoms in total. The van der Waals surface area contributed by atoms with E-state index in [4.69, 9.17) is 0 Å². The van der Waals surface area contributed by atoms with Crippen molar-refractivity contribution in [3.8, 4) is 6.07 Å². The zero-order valence-electron chi connectivity index (χ0n) is 10.1. The lowest BCUT2D eigenvalue weighted by molar-refractivity contribution is -0.120. The van der Waals surface area contributed by atoms with E-state index in [0.717, 1.165) is 25.0 Å². The number of anilines is 1. The SMILES string of the molecule is N#Cc1cc2c(nc1N1CCNC(=O)C1)CCC2. The maximum absolute atomic E-state index is 11.4. The molecular weight excluding hydrogens is 228 g/mol. The Balaban J connectivity index is 2.00. The van der Waals surface area contributed by atoms with Gasteiger partial charge in [-0.25, -0.2) is 4.98 Å². The number of carbonyl (C=O) groups is 1. The molecular formula is C13H14N4O. The Morgan fingerprint density at radius 1 is 1.44 bits per heavy atom. The van der Waals surface area contributed by atoms with Crippen molar-refractivity contribution in [2.45, 2.75) is 19.3 Å². The van der Waals surface area contributed by atoms with E-state index in [2.05, 4.69) is 16.4 Å². The van der Waals surface area contributed by atoms with Gasteiger partial charge in [-0.05, 0) is 30.9 Å². The highest BCUT2D eigenvalue weighted by Crippen LogP contribution is 2.27. The molecule has 5 heteroatoms. The van der Waals surface area contributed by atoms with Crippen molar-refractivity contribution in [3.63, 3.8) is 0 Å². The summed E-state index contributed by atoms with van der Waals surface area (Å²) in [6.45, 7) is 1.62. The molecule has 0 radical (unpaired) electrons. The van der Waals surface area contributed by atoms with E-state index < -0.39 is 0 Å². The summed E-state index contributed by atoms with van der Waals surface area (Å²) in [5.74, 6) is 0.667. The van der Waals surface area contributed by atoms with Gasteiger partial charge in [0.2, 0.25) is 5.91 Å². The fourth-order valence-corrected chi connectivity index (χ4v) is 2.60. The van der Waals surface area contributed by atoms with E-state index in [1.807, 2.05) is 11.0 Å². The van der Waals surface area contributed by atoms with Gasteiger partial charge < -0.3 is 10.2 Å². The summed E-state index contributed by atoms with van der Waals surface area (Å²) < 4.78 is 0. The summed E-state index contributed by atoms with van der Waals surface area (Å²) >= 11 is 0. The van der Waals surface area contributed by atoms with Gasteiger partial charge >= 0.3 is 0 Å². The second-order valence-electron chi connectivity index (χ2n) is 4.70. The first kappa shape index (κ1) is 11.0. The highest BCUT2D eigenvalue weighted by atomic mass is 16.2. The van der Waals surface area contributed by atoms with E-state index in [0.29, 0.717) is 31.0 Å². The Kier molecular flexibility index (Phi) is 2.63. The van der Waals surface area contributed by atoms with Gasteiger partial charge in [-0.15, -0.1) is 0 Å². The molecule has 0 unspecified atom stereocenters. The zero-order valence-corrected chi connectivity index (χ0v) is 10.1. The average Bonchev–Trinajstić information content (AvgIpc) is 2.84. The topological polar surface area (TPSA) is 69.0 Å². The zero-order chi connectivity index (χ0) is 12.5. The molecule has 1 N–H and O–H groups in total. The van der Waals surface area contributed by atoms with E-state index in [1.165, 1.54) is 5.56 Å². The average molecular weight is 242 g/mol. The Bertz CT molecular complexity index is 547. The summed E-state index contributed by atoms with van der Waals surface area (Å²) in [4.78, 5) is 17.9. The molecule has 0 spiro atoms. The summed E-state index contributed by atoms with van der Waals surface area (Å²) in [6.07, 6.45) is 3.10. The molecule has 0 bridgehead atoms. The molecule has 1 aromatic heterocycles. The predicted octanol–water partition coefficient (Wildman–Crippen LogP) is 0.378. The van der Waals surface area contributed by atoms with Crippen LogP contribution in [0.15, 0.2) is 6.07 Å². The second-order valence-corrected chi connectivity index (χ2v) is 4.70. The Morgan fingerprint density at radius 2 is 2.33 bits per heavy atom. The number of amides is 1. The van der Waals surface area contributed by atoms with Crippen molar-refractivity contribution in [2.24, 2.45) is 0 Å². The minimum absolute atomic E-state index is 0.00700. The second kappa shape index (κ2) is 4.30. The minimum Gasteiger partial charge on any atom is -0.353 e. The molecule has 0 atom stereocenters. The van der Waals surface area contributed by atoms with Crippen LogP contribution in [0.25, 0.3) is 0 Å². The number of hydrogen-bond acceptors (Lipinski definition) is 4. The summed E-state index contributed by atoms with van der Waals surface area (Å²) in [5.41, 5.74) is 2.87. The van der Waals surface area contributed by atoms with Crippen LogP contribution in [0, 0.1) is 11.3 Å². The molecule has 2 aliphatic rings. The van der Waals surface area contributed by atoms with Crippen LogP contribution in [0.4, 0.5) is 5.82 Å². The number of hydrogen-bond donors (Lipinski definition) is 1. The first-order valence-electron chi connectivity index (χ1n) is 6.22. The fourth-order valence-electron chi connectivity index (χ4n) is 2.60. The third-order valence-electron chi connectivity index (χ3n) is 3.49. The maximum atomic E-state index is 11.4. The van der Waals surface area contributed by atoms with Crippen molar-refractivity contribution >= 4 is 11.7 Å². The number of nitrogens with one attached hydrogen (secondary N) is 1. The highest BCUT2D eigenvalue weighted by molar-refractivity contribution is 5.82. The molecule has 92 valence electrons. The van der Waals surface area contributed by atoms with E-state index in [-0.39, 0.29) is 5.91 Å².